The van der Waals surface area contributed by atoms with Crippen LogP contribution in [0.4, 0.5) is 0 Å². The van der Waals surface area contributed by atoms with Crippen LogP contribution in [0.5, 0.6) is 11.5 Å². The summed E-state index contributed by atoms with van der Waals surface area (Å²) in [5.74, 6) is 2.04. The van der Waals surface area contributed by atoms with E-state index in [0.29, 0.717) is 0 Å². The third kappa shape index (κ3) is 3.69. The lowest BCUT2D eigenvalue weighted by atomic mass is 9.71. The standard InChI is InChI=1S/C25H32Br2O/c1-23(2,3)17-9-15(13-26)21-19(11-17)25(7,8)20-12-18(24(4,5)6)10-16(14-27)22(20)28-21/h9-12H,13-14H2,1-8H3. The topological polar surface area (TPSA) is 9.23 Å². The lowest BCUT2D eigenvalue weighted by molar-refractivity contribution is 0.408. The Labute approximate surface area is 187 Å². The number of hydrogen-bond acceptors (Lipinski definition) is 1. The summed E-state index contributed by atoms with van der Waals surface area (Å²) in [6.07, 6.45) is 0. The molecule has 0 radical (unpaired) electrons. The highest BCUT2D eigenvalue weighted by atomic mass is 79.9. The molecule has 0 N–H and O–H groups in total. The molecular formula is C25H32Br2O. The molecule has 0 spiro atoms. The van der Waals surface area contributed by atoms with Crippen molar-refractivity contribution in [1.29, 1.82) is 0 Å². The molecule has 1 nitrogen and oxygen atoms in total. The maximum absolute atomic E-state index is 6.63. The maximum Gasteiger partial charge on any atom is 0.135 e. The zero-order chi connectivity index (χ0) is 21.1. The van der Waals surface area contributed by atoms with Crippen molar-refractivity contribution in [3.05, 3.63) is 57.6 Å². The predicted octanol–water partition coefficient (Wildman–Crippen LogP) is 8.50. The van der Waals surface area contributed by atoms with Crippen molar-refractivity contribution in [2.45, 2.75) is 82.3 Å². The molecule has 0 aromatic heterocycles. The molecule has 152 valence electrons. The van der Waals surface area contributed by atoms with Gasteiger partial charge >= 0.3 is 0 Å². The fraction of sp³-hybridized carbons (Fsp3) is 0.520. The molecule has 0 atom stereocenters. The fourth-order valence-electron chi connectivity index (χ4n) is 3.86. The second-order valence-corrected chi connectivity index (χ2v) is 11.6. The Morgan fingerprint density at radius 1 is 0.714 bits per heavy atom. The summed E-state index contributed by atoms with van der Waals surface area (Å²) >= 11 is 7.40. The molecule has 3 rings (SSSR count). The number of fused-ring (bicyclic) bond motifs is 2. The van der Waals surface area contributed by atoms with Crippen molar-refractivity contribution in [3.63, 3.8) is 0 Å². The molecule has 1 heterocycles. The Kier molecular flexibility index (Phi) is 5.60. The molecule has 1 aliphatic rings. The Hall–Kier alpha value is -0.800. The van der Waals surface area contributed by atoms with Gasteiger partial charge in [0.25, 0.3) is 0 Å². The van der Waals surface area contributed by atoms with Gasteiger partial charge in [0.2, 0.25) is 0 Å². The second-order valence-electron chi connectivity index (χ2n) is 10.5. The van der Waals surface area contributed by atoms with Gasteiger partial charge in [-0.2, -0.15) is 0 Å². The zero-order valence-corrected chi connectivity index (χ0v) is 21.6. The Balaban J connectivity index is 2.33. The van der Waals surface area contributed by atoms with Crippen molar-refractivity contribution in [2.24, 2.45) is 0 Å². The highest BCUT2D eigenvalue weighted by Gasteiger charge is 2.38. The van der Waals surface area contributed by atoms with E-state index in [1.807, 2.05) is 0 Å². The molecular weight excluding hydrogens is 476 g/mol. The van der Waals surface area contributed by atoms with Crippen LogP contribution in [0.25, 0.3) is 0 Å². The normalized spacial score (nSPS) is 15.6. The first-order chi connectivity index (χ1) is 12.8. The van der Waals surface area contributed by atoms with Gasteiger partial charge in [-0.3, -0.25) is 0 Å². The molecule has 0 saturated heterocycles. The van der Waals surface area contributed by atoms with Crippen LogP contribution in [0.2, 0.25) is 0 Å². The lowest BCUT2D eigenvalue weighted by Crippen LogP contribution is -2.28. The molecule has 3 heteroatoms. The summed E-state index contributed by atoms with van der Waals surface area (Å²) in [6, 6.07) is 9.32. The van der Waals surface area contributed by atoms with Gasteiger partial charge in [0, 0.05) is 38.3 Å². The van der Waals surface area contributed by atoms with Crippen LogP contribution in [0, 0.1) is 0 Å². The summed E-state index contributed by atoms with van der Waals surface area (Å²) in [4.78, 5) is 0. The average molecular weight is 508 g/mol. The summed E-state index contributed by atoms with van der Waals surface area (Å²) in [5.41, 5.74) is 7.79. The van der Waals surface area contributed by atoms with Crippen molar-refractivity contribution in [1.82, 2.24) is 0 Å². The molecule has 0 bridgehead atoms. The SMILES string of the molecule is CC(C)(C)c1cc(CBr)c2c(c1)C(C)(C)c1cc(C(C)(C)C)cc(CBr)c1O2. The van der Waals surface area contributed by atoms with E-state index >= 15 is 0 Å². The number of rotatable bonds is 2. The summed E-state index contributed by atoms with van der Waals surface area (Å²) in [5, 5.41) is 1.57. The molecule has 0 fully saturated rings. The van der Waals surface area contributed by atoms with E-state index in [-0.39, 0.29) is 16.2 Å². The second kappa shape index (κ2) is 7.16. The quantitative estimate of drug-likeness (QED) is 0.370. The minimum Gasteiger partial charge on any atom is -0.456 e. The van der Waals surface area contributed by atoms with E-state index in [0.717, 1.165) is 22.2 Å². The molecule has 1 aliphatic heterocycles. The summed E-state index contributed by atoms with van der Waals surface area (Å²) in [7, 11) is 0. The van der Waals surface area contributed by atoms with Crippen LogP contribution in [0.15, 0.2) is 24.3 Å². The molecule has 0 saturated carbocycles. The van der Waals surface area contributed by atoms with Crippen LogP contribution < -0.4 is 4.74 Å². The van der Waals surface area contributed by atoms with Crippen LogP contribution in [-0.4, -0.2) is 0 Å². The van der Waals surface area contributed by atoms with Crippen LogP contribution in [0.1, 0.15) is 88.8 Å². The zero-order valence-electron chi connectivity index (χ0n) is 18.4. The average Bonchev–Trinajstić information content (AvgIpc) is 2.58. The van der Waals surface area contributed by atoms with E-state index < -0.39 is 0 Å². The van der Waals surface area contributed by atoms with Gasteiger partial charge in [-0.1, -0.05) is 112 Å². The minimum atomic E-state index is -0.126. The van der Waals surface area contributed by atoms with Gasteiger partial charge in [0.05, 0.1) is 0 Å². The minimum absolute atomic E-state index is 0.0938. The van der Waals surface area contributed by atoms with Crippen molar-refractivity contribution >= 4 is 31.9 Å². The first kappa shape index (κ1) is 21.9. The van der Waals surface area contributed by atoms with E-state index in [1.165, 1.54) is 33.4 Å². The van der Waals surface area contributed by atoms with E-state index in [2.05, 4.69) is 112 Å². The van der Waals surface area contributed by atoms with Gasteiger partial charge in [0.1, 0.15) is 11.5 Å². The first-order valence-corrected chi connectivity index (χ1v) is 12.2. The first-order valence-electron chi connectivity index (χ1n) is 9.96. The van der Waals surface area contributed by atoms with Gasteiger partial charge in [-0.05, 0) is 22.0 Å². The molecule has 0 aliphatic carbocycles. The molecule has 0 amide bonds. The highest BCUT2D eigenvalue weighted by molar-refractivity contribution is 9.08. The van der Waals surface area contributed by atoms with E-state index in [9.17, 15) is 0 Å². The molecule has 2 aromatic rings. The van der Waals surface area contributed by atoms with Gasteiger partial charge < -0.3 is 4.74 Å². The third-order valence-electron chi connectivity index (χ3n) is 5.90. The van der Waals surface area contributed by atoms with E-state index in [1.54, 1.807) is 0 Å². The molecule has 0 unspecified atom stereocenters. The van der Waals surface area contributed by atoms with Crippen LogP contribution in [0.3, 0.4) is 0 Å². The lowest BCUT2D eigenvalue weighted by Gasteiger charge is -2.39. The highest BCUT2D eigenvalue weighted by Crippen LogP contribution is 2.53. The predicted molar refractivity (Wildman–Crippen MR) is 128 cm³/mol. The smallest absolute Gasteiger partial charge is 0.135 e. The van der Waals surface area contributed by atoms with Crippen molar-refractivity contribution < 1.29 is 4.74 Å². The number of hydrogen-bond donors (Lipinski definition) is 0. The molecule has 28 heavy (non-hydrogen) atoms. The number of ether oxygens (including phenoxy) is 1. The van der Waals surface area contributed by atoms with Crippen molar-refractivity contribution in [2.75, 3.05) is 0 Å². The number of alkyl halides is 2. The summed E-state index contributed by atoms with van der Waals surface area (Å²) in [6.45, 7) is 18.3. The fourth-order valence-corrected chi connectivity index (χ4v) is 4.69. The largest absolute Gasteiger partial charge is 0.456 e. The third-order valence-corrected chi connectivity index (χ3v) is 7.11. The van der Waals surface area contributed by atoms with Crippen molar-refractivity contribution in [3.8, 4) is 11.5 Å². The van der Waals surface area contributed by atoms with Gasteiger partial charge in [-0.15, -0.1) is 0 Å². The van der Waals surface area contributed by atoms with Crippen LogP contribution in [-0.2, 0) is 26.9 Å². The Morgan fingerprint density at radius 3 is 1.36 bits per heavy atom. The monoisotopic (exact) mass is 506 g/mol. The Bertz CT molecular complexity index is 838. The number of benzene rings is 2. The maximum atomic E-state index is 6.63. The Morgan fingerprint density at radius 2 is 1.07 bits per heavy atom. The molecule has 2 aromatic carbocycles. The van der Waals surface area contributed by atoms with Gasteiger partial charge in [0.15, 0.2) is 0 Å². The van der Waals surface area contributed by atoms with Crippen LogP contribution >= 0.6 is 31.9 Å². The van der Waals surface area contributed by atoms with Gasteiger partial charge in [-0.25, -0.2) is 0 Å². The summed E-state index contributed by atoms with van der Waals surface area (Å²) < 4.78 is 6.63. The van der Waals surface area contributed by atoms with E-state index in [4.69, 9.17) is 4.74 Å². The number of halogens is 2.